The summed E-state index contributed by atoms with van der Waals surface area (Å²) >= 11 is 12.3. The average Bonchev–Trinajstić information content (AvgIpc) is 2.69. The Morgan fingerprint density at radius 3 is 2.41 bits per heavy atom. The lowest BCUT2D eigenvalue weighted by Gasteiger charge is -2.30. The molecule has 7 heteroatoms. The van der Waals surface area contributed by atoms with Crippen LogP contribution in [0.3, 0.4) is 0 Å². The van der Waals surface area contributed by atoms with Gasteiger partial charge in [0.2, 0.25) is 5.91 Å². The molecule has 1 N–H and O–H groups in total. The summed E-state index contributed by atoms with van der Waals surface area (Å²) in [6.45, 7) is 5.85. The molecule has 156 valence electrons. The zero-order chi connectivity index (χ0) is 21.6. The SMILES string of the molecule is CCC(C(=O)NC)N(Cc1ccc(Cl)cc1Cl)C(=O)COc1ccc(C)c(C)c1. The molecule has 0 aliphatic rings. The Hall–Kier alpha value is -2.24. The van der Waals surface area contributed by atoms with Crippen LogP contribution in [0.2, 0.25) is 10.0 Å². The van der Waals surface area contributed by atoms with Crippen molar-refractivity contribution < 1.29 is 14.3 Å². The zero-order valence-electron chi connectivity index (χ0n) is 17.1. The fourth-order valence-electron chi connectivity index (χ4n) is 2.95. The van der Waals surface area contributed by atoms with Gasteiger partial charge >= 0.3 is 0 Å². The number of ether oxygens (including phenoxy) is 1. The number of hydrogen-bond donors (Lipinski definition) is 1. The molecule has 0 bridgehead atoms. The van der Waals surface area contributed by atoms with Crippen molar-refractivity contribution in [1.82, 2.24) is 10.2 Å². The Kier molecular flexibility index (Phi) is 8.35. The number of benzene rings is 2. The van der Waals surface area contributed by atoms with E-state index in [0.717, 1.165) is 11.1 Å². The van der Waals surface area contributed by atoms with Crippen LogP contribution in [0.5, 0.6) is 5.75 Å². The molecule has 2 rings (SSSR count). The molecular weight excluding hydrogens is 411 g/mol. The number of halogens is 2. The number of aryl methyl sites for hydroxylation is 2. The van der Waals surface area contributed by atoms with Gasteiger partial charge in [-0.2, -0.15) is 0 Å². The summed E-state index contributed by atoms with van der Waals surface area (Å²) in [5, 5.41) is 3.57. The molecule has 29 heavy (non-hydrogen) atoms. The highest BCUT2D eigenvalue weighted by atomic mass is 35.5. The molecule has 0 aliphatic heterocycles. The molecule has 0 spiro atoms. The summed E-state index contributed by atoms with van der Waals surface area (Å²) in [4.78, 5) is 26.9. The number of carbonyl (C=O) groups is 2. The molecule has 0 heterocycles. The van der Waals surface area contributed by atoms with E-state index >= 15 is 0 Å². The minimum atomic E-state index is -0.636. The van der Waals surface area contributed by atoms with Crippen LogP contribution >= 0.6 is 23.2 Å². The van der Waals surface area contributed by atoms with Crippen LogP contribution in [0.25, 0.3) is 0 Å². The van der Waals surface area contributed by atoms with Gasteiger partial charge in [-0.15, -0.1) is 0 Å². The molecular formula is C22H26Cl2N2O3. The molecule has 0 saturated heterocycles. The van der Waals surface area contributed by atoms with Gasteiger partial charge in [-0.1, -0.05) is 42.3 Å². The maximum absolute atomic E-state index is 13.0. The normalized spacial score (nSPS) is 11.7. The minimum absolute atomic E-state index is 0.178. The van der Waals surface area contributed by atoms with E-state index in [0.29, 0.717) is 27.8 Å². The average molecular weight is 437 g/mol. The van der Waals surface area contributed by atoms with Crippen molar-refractivity contribution >= 4 is 35.0 Å². The van der Waals surface area contributed by atoms with Crippen LogP contribution in [0.1, 0.15) is 30.0 Å². The Labute approximate surface area is 181 Å². The maximum atomic E-state index is 13.0. The first-order valence-electron chi connectivity index (χ1n) is 9.41. The van der Waals surface area contributed by atoms with E-state index in [1.54, 1.807) is 25.2 Å². The van der Waals surface area contributed by atoms with Crippen LogP contribution in [0.4, 0.5) is 0 Å². The molecule has 1 unspecified atom stereocenters. The third-order valence-corrected chi connectivity index (χ3v) is 5.42. The van der Waals surface area contributed by atoms with Crippen molar-refractivity contribution in [3.8, 4) is 5.75 Å². The summed E-state index contributed by atoms with van der Waals surface area (Å²) in [7, 11) is 1.55. The molecule has 2 aromatic rings. The first-order valence-corrected chi connectivity index (χ1v) is 10.2. The topological polar surface area (TPSA) is 58.6 Å². The number of amides is 2. The van der Waals surface area contributed by atoms with Gasteiger partial charge in [0.25, 0.3) is 5.91 Å². The van der Waals surface area contributed by atoms with E-state index in [1.165, 1.54) is 4.90 Å². The van der Waals surface area contributed by atoms with E-state index in [4.69, 9.17) is 27.9 Å². The molecule has 2 amide bonds. The smallest absolute Gasteiger partial charge is 0.261 e. The standard InChI is InChI=1S/C22H26Cl2N2O3/c1-5-20(22(28)25-4)26(12-16-7-8-17(23)11-19(16)24)21(27)13-29-18-9-6-14(2)15(3)10-18/h6-11,20H,5,12-13H2,1-4H3,(H,25,28). The van der Waals surface area contributed by atoms with Crippen LogP contribution in [0.15, 0.2) is 36.4 Å². The van der Waals surface area contributed by atoms with Gasteiger partial charge in [0.1, 0.15) is 11.8 Å². The van der Waals surface area contributed by atoms with Gasteiger partial charge in [0.05, 0.1) is 0 Å². The van der Waals surface area contributed by atoms with Gasteiger partial charge in [0.15, 0.2) is 6.61 Å². The van der Waals surface area contributed by atoms with Crippen molar-refractivity contribution in [2.75, 3.05) is 13.7 Å². The fraction of sp³-hybridized carbons (Fsp3) is 0.364. The third kappa shape index (κ3) is 6.12. The van der Waals surface area contributed by atoms with E-state index in [1.807, 2.05) is 39.0 Å². The monoisotopic (exact) mass is 436 g/mol. The minimum Gasteiger partial charge on any atom is -0.484 e. The number of rotatable bonds is 8. The van der Waals surface area contributed by atoms with Crippen molar-refractivity contribution in [3.63, 3.8) is 0 Å². The summed E-state index contributed by atoms with van der Waals surface area (Å²) < 4.78 is 5.70. The van der Waals surface area contributed by atoms with E-state index in [9.17, 15) is 9.59 Å². The molecule has 1 atom stereocenters. The van der Waals surface area contributed by atoms with Crippen molar-refractivity contribution in [2.45, 2.75) is 39.8 Å². The molecule has 0 saturated carbocycles. The van der Waals surface area contributed by atoms with Gasteiger partial charge in [-0.05, 0) is 61.2 Å². The summed E-state index contributed by atoms with van der Waals surface area (Å²) in [6.07, 6.45) is 0.459. The van der Waals surface area contributed by atoms with Crippen LogP contribution in [-0.4, -0.2) is 36.4 Å². The highest BCUT2D eigenvalue weighted by Gasteiger charge is 2.28. The molecule has 0 aromatic heterocycles. The van der Waals surface area contributed by atoms with Crippen molar-refractivity contribution in [3.05, 3.63) is 63.1 Å². The van der Waals surface area contributed by atoms with Gasteiger partial charge in [0, 0.05) is 23.6 Å². The van der Waals surface area contributed by atoms with Gasteiger partial charge in [-0.25, -0.2) is 0 Å². The molecule has 2 aromatic carbocycles. The number of carbonyl (C=O) groups excluding carboxylic acids is 2. The highest BCUT2D eigenvalue weighted by molar-refractivity contribution is 6.35. The summed E-state index contributed by atoms with van der Waals surface area (Å²) in [5.41, 5.74) is 2.93. The lowest BCUT2D eigenvalue weighted by molar-refractivity contribution is -0.142. The van der Waals surface area contributed by atoms with Crippen LogP contribution < -0.4 is 10.1 Å². The Bertz CT molecular complexity index is 886. The third-order valence-electron chi connectivity index (χ3n) is 4.83. The second-order valence-corrected chi connectivity index (χ2v) is 7.67. The van der Waals surface area contributed by atoms with E-state index in [2.05, 4.69) is 5.32 Å². The molecule has 0 fully saturated rings. The predicted molar refractivity (Wildman–Crippen MR) is 117 cm³/mol. The highest BCUT2D eigenvalue weighted by Crippen LogP contribution is 2.24. The predicted octanol–water partition coefficient (Wildman–Crippen LogP) is 4.54. The zero-order valence-corrected chi connectivity index (χ0v) is 18.6. The maximum Gasteiger partial charge on any atom is 0.261 e. The van der Waals surface area contributed by atoms with Crippen molar-refractivity contribution in [2.24, 2.45) is 0 Å². The van der Waals surface area contributed by atoms with Crippen molar-refractivity contribution in [1.29, 1.82) is 0 Å². The molecule has 0 radical (unpaired) electrons. The van der Waals surface area contributed by atoms with E-state index in [-0.39, 0.29) is 25.0 Å². The fourth-order valence-corrected chi connectivity index (χ4v) is 3.42. The largest absolute Gasteiger partial charge is 0.484 e. The number of hydrogen-bond acceptors (Lipinski definition) is 3. The van der Waals surface area contributed by atoms with Crippen LogP contribution in [-0.2, 0) is 16.1 Å². The summed E-state index contributed by atoms with van der Waals surface area (Å²) in [5.74, 6) is 0.0701. The Morgan fingerprint density at radius 2 is 1.83 bits per heavy atom. The Balaban J connectivity index is 2.23. The first-order chi connectivity index (χ1) is 13.8. The van der Waals surface area contributed by atoms with Gasteiger partial charge in [-0.3, -0.25) is 9.59 Å². The van der Waals surface area contributed by atoms with E-state index < -0.39 is 6.04 Å². The number of nitrogens with zero attached hydrogens (tertiary/aromatic N) is 1. The number of likely N-dealkylation sites (N-methyl/N-ethyl adjacent to an activating group) is 1. The van der Waals surface area contributed by atoms with Crippen LogP contribution in [0, 0.1) is 13.8 Å². The second kappa shape index (κ2) is 10.5. The first kappa shape index (κ1) is 23.0. The van der Waals surface area contributed by atoms with Gasteiger partial charge < -0.3 is 15.0 Å². The Morgan fingerprint density at radius 1 is 1.10 bits per heavy atom. The second-order valence-electron chi connectivity index (χ2n) is 6.83. The summed E-state index contributed by atoms with van der Waals surface area (Å²) in [6, 6.07) is 10.1. The lowest BCUT2D eigenvalue weighted by Crippen LogP contribution is -2.49. The molecule has 0 aliphatic carbocycles. The lowest BCUT2D eigenvalue weighted by atomic mass is 10.1. The number of nitrogens with one attached hydrogen (secondary N) is 1. The quantitative estimate of drug-likeness (QED) is 0.660. The molecule has 5 nitrogen and oxygen atoms in total.